The Morgan fingerprint density at radius 2 is 0.829 bits per heavy atom. The largest absolute Gasteiger partial charge is 0.472 e. The van der Waals surface area contributed by atoms with Gasteiger partial charge in [0.2, 0.25) is 5.91 Å². The molecule has 0 spiro atoms. The van der Waals surface area contributed by atoms with Gasteiger partial charge in [-0.3, -0.25) is 13.8 Å². The van der Waals surface area contributed by atoms with Crippen LogP contribution in [0.2, 0.25) is 0 Å². The van der Waals surface area contributed by atoms with Crippen molar-refractivity contribution in [1.82, 2.24) is 5.32 Å². The Labute approximate surface area is 434 Å². The Morgan fingerprint density at radius 3 is 1.24 bits per heavy atom. The molecule has 70 heavy (non-hydrogen) atoms. The summed E-state index contributed by atoms with van der Waals surface area (Å²) in [6, 6.07) is -0.865. The zero-order chi connectivity index (χ0) is 51.3. The first-order valence-electron chi connectivity index (χ1n) is 29.7. The number of aliphatic hydroxyl groups excluding tert-OH is 1. The van der Waals surface area contributed by atoms with E-state index in [1.165, 1.54) is 199 Å². The van der Waals surface area contributed by atoms with Gasteiger partial charge in [-0.2, -0.15) is 0 Å². The van der Waals surface area contributed by atoms with Crippen LogP contribution < -0.4 is 5.32 Å². The van der Waals surface area contributed by atoms with Crippen molar-refractivity contribution in [2.45, 2.75) is 283 Å². The third kappa shape index (κ3) is 54.0. The molecule has 3 unspecified atom stereocenters. The van der Waals surface area contributed by atoms with E-state index in [-0.39, 0.29) is 19.1 Å². The van der Waals surface area contributed by atoms with Crippen LogP contribution in [0.3, 0.4) is 0 Å². The fourth-order valence-corrected chi connectivity index (χ4v) is 9.27. The lowest BCUT2D eigenvalue weighted by molar-refractivity contribution is -0.870. The molecule has 410 valence electrons. The van der Waals surface area contributed by atoms with Crippen LogP contribution in [0.1, 0.15) is 271 Å². The Hall–Kier alpha value is -1.80. The fourth-order valence-electron chi connectivity index (χ4n) is 8.54. The van der Waals surface area contributed by atoms with E-state index in [4.69, 9.17) is 9.05 Å². The number of nitrogens with one attached hydrogen (secondary N) is 1. The summed E-state index contributed by atoms with van der Waals surface area (Å²) in [4.78, 5) is 23.3. The fraction of sp³-hybridized carbons (Fsp3) is 0.820. The number of aliphatic hydroxyl groups is 1. The van der Waals surface area contributed by atoms with E-state index in [9.17, 15) is 19.4 Å². The molecule has 0 saturated heterocycles. The number of hydrogen-bond donors (Lipinski definition) is 3. The van der Waals surface area contributed by atoms with Crippen molar-refractivity contribution in [1.29, 1.82) is 0 Å². The predicted molar refractivity (Wildman–Crippen MR) is 304 cm³/mol. The molecular weight excluding hydrogens is 888 g/mol. The Balaban J connectivity index is 4.14. The van der Waals surface area contributed by atoms with E-state index in [0.717, 1.165) is 51.4 Å². The van der Waals surface area contributed by atoms with Crippen molar-refractivity contribution in [3.05, 3.63) is 60.8 Å². The molecule has 0 bridgehead atoms. The molecule has 3 N–H and O–H groups in total. The molecule has 9 heteroatoms. The molecule has 0 rings (SSSR count). The van der Waals surface area contributed by atoms with Crippen LogP contribution in [0.4, 0.5) is 0 Å². The number of carbonyl (C=O) groups is 1. The van der Waals surface area contributed by atoms with Gasteiger partial charge < -0.3 is 19.8 Å². The van der Waals surface area contributed by atoms with E-state index >= 15 is 0 Å². The highest BCUT2D eigenvalue weighted by molar-refractivity contribution is 7.47. The SMILES string of the molecule is CCCCCCC/C=C\C/C=C\C/C=C\CCCCCCCCCCCCCCCCCCC(=O)NC(COP(=O)(O)OCC[N+](C)(C)C)C(O)/C=C/CC/C=C/CCCCCCCCCCCCC. The molecular formula is C61H116N2O6P+. The standard InChI is InChI=1S/C61H115N2O6P/c1-6-8-10-12-14-16-18-20-22-24-25-26-27-28-29-30-31-32-33-34-35-36-37-39-41-43-45-47-49-51-53-55-61(65)62-59(58-69-70(66,67)68-57-56-63(3,4)5)60(64)54-52-50-48-46-44-42-40-38-23-21-19-17-15-13-11-9-7-2/h18,20,24-25,27-28,44,46,52,54,59-60,64H,6-17,19,21-23,26,29-43,45,47-51,53,55-58H2,1-5H3,(H-,62,65,66,67)/p+1/b20-18-,25-24-,28-27-,46-44+,54-52+. The van der Waals surface area contributed by atoms with Crippen molar-refractivity contribution in [3.8, 4) is 0 Å². The predicted octanol–water partition coefficient (Wildman–Crippen LogP) is 18.1. The van der Waals surface area contributed by atoms with Gasteiger partial charge in [-0.25, -0.2) is 4.57 Å². The third-order valence-corrected chi connectivity index (χ3v) is 14.2. The highest BCUT2D eigenvalue weighted by atomic mass is 31.2. The Kier molecular flexibility index (Phi) is 50.7. The number of unbranched alkanes of at least 4 members (excludes halogenated alkanes) is 33. The monoisotopic (exact) mass is 1000 g/mol. The van der Waals surface area contributed by atoms with Gasteiger partial charge >= 0.3 is 7.82 Å². The molecule has 1 amide bonds. The Bertz CT molecular complexity index is 1320. The summed E-state index contributed by atoms with van der Waals surface area (Å²) in [6.07, 6.45) is 70.4. The molecule has 0 aliphatic carbocycles. The van der Waals surface area contributed by atoms with E-state index in [0.29, 0.717) is 17.4 Å². The van der Waals surface area contributed by atoms with Crippen molar-refractivity contribution in [2.75, 3.05) is 40.9 Å². The van der Waals surface area contributed by atoms with Gasteiger partial charge in [-0.1, -0.05) is 254 Å². The zero-order valence-electron chi connectivity index (χ0n) is 46.8. The summed E-state index contributed by atoms with van der Waals surface area (Å²) in [5.74, 6) is -0.186. The first kappa shape index (κ1) is 68.2. The number of phosphoric acid groups is 1. The quantitative estimate of drug-likeness (QED) is 0.0243. The topological polar surface area (TPSA) is 105 Å². The highest BCUT2D eigenvalue weighted by Gasteiger charge is 2.27. The normalized spacial score (nSPS) is 14.3. The van der Waals surface area contributed by atoms with E-state index in [1.54, 1.807) is 6.08 Å². The number of phosphoric ester groups is 1. The van der Waals surface area contributed by atoms with Crippen molar-refractivity contribution in [2.24, 2.45) is 0 Å². The van der Waals surface area contributed by atoms with Gasteiger partial charge in [0.15, 0.2) is 0 Å². The summed E-state index contributed by atoms with van der Waals surface area (Å²) >= 11 is 0. The van der Waals surface area contributed by atoms with Gasteiger partial charge in [0.25, 0.3) is 0 Å². The number of amides is 1. The van der Waals surface area contributed by atoms with Crippen molar-refractivity contribution >= 4 is 13.7 Å². The zero-order valence-corrected chi connectivity index (χ0v) is 47.7. The number of allylic oxidation sites excluding steroid dienone is 9. The minimum absolute atomic E-state index is 0.0555. The average Bonchev–Trinajstić information content (AvgIpc) is 3.32. The summed E-state index contributed by atoms with van der Waals surface area (Å²) in [7, 11) is 1.56. The van der Waals surface area contributed by atoms with Crippen molar-refractivity contribution < 1.29 is 32.9 Å². The van der Waals surface area contributed by atoms with Crippen LogP contribution in [0.15, 0.2) is 60.8 Å². The Morgan fingerprint density at radius 1 is 0.486 bits per heavy atom. The molecule has 8 nitrogen and oxygen atoms in total. The number of carbonyl (C=O) groups excluding carboxylic acids is 1. The van der Waals surface area contributed by atoms with Crippen molar-refractivity contribution in [3.63, 3.8) is 0 Å². The molecule has 0 saturated carbocycles. The van der Waals surface area contributed by atoms with Crippen LogP contribution in [-0.2, 0) is 18.4 Å². The van der Waals surface area contributed by atoms with Gasteiger partial charge in [-0.05, 0) is 70.6 Å². The molecule has 3 atom stereocenters. The highest BCUT2D eigenvalue weighted by Crippen LogP contribution is 2.43. The molecule has 0 aromatic carbocycles. The molecule has 0 aliphatic rings. The lowest BCUT2D eigenvalue weighted by Crippen LogP contribution is -2.45. The van der Waals surface area contributed by atoms with E-state index in [2.05, 4.69) is 67.8 Å². The molecule has 0 aromatic rings. The maximum Gasteiger partial charge on any atom is 0.472 e. The number of rotatable bonds is 54. The lowest BCUT2D eigenvalue weighted by Gasteiger charge is -2.25. The van der Waals surface area contributed by atoms with Crippen LogP contribution in [-0.4, -0.2) is 73.4 Å². The minimum atomic E-state index is -4.36. The van der Waals surface area contributed by atoms with E-state index < -0.39 is 20.0 Å². The number of nitrogens with zero attached hydrogens (tertiary/aromatic N) is 1. The van der Waals surface area contributed by atoms with Crippen LogP contribution in [0, 0.1) is 0 Å². The van der Waals surface area contributed by atoms with Gasteiger partial charge in [-0.15, -0.1) is 0 Å². The van der Waals surface area contributed by atoms with Gasteiger partial charge in [0.1, 0.15) is 13.2 Å². The van der Waals surface area contributed by atoms with Crippen LogP contribution in [0.5, 0.6) is 0 Å². The van der Waals surface area contributed by atoms with Gasteiger partial charge in [0.05, 0.1) is 39.9 Å². The third-order valence-electron chi connectivity index (χ3n) is 13.2. The molecule has 0 radical (unpaired) electrons. The smallest absolute Gasteiger partial charge is 0.387 e. The summed E-state index contributed by atoms with van der Waals surface area (Å²) < 4.78 is 23.7. The first-order chi connectivity index (χ1) is 34.0. The van der Waals surface area contributed by atoms with Gasteiger partial charge in [0, 0.05) is 6.42 Å². The van der Waals surface area contributed by atoms with Crippen LogP contribution >= 0.6 is 7.82 Å². The molecule has 0 fully saturated rings. The summed E-state index contributed by atoms with van der Waals surface area (Å²) in [6.45, 7) is 4.80. The number of likely N-dealkylation sites (N-methyl/N-ethyl adjacent to an activating group) is 1. The second kappa shape index (κ2) is 52.1. The lowest BCUT2D eigenvalue weighted by atomic mass is 10.0. The number of quaternary nitrogens is 1. The summed E-state index contributed by atoms with van der Waals surface area (Å²) in [5, 5.41) is 13.9. The molecule has 0 heterocycles. The van der Waals surface area contributed by atoms with E-state index in [1.807, 2.05) is 27.2 Å². The molecule has 0 aliphatic heterocycles. The first-order valence-corrected chi connectivity index (χ1v) is 31.2. The maximum atomic E-state index is 13.0. The number of hydrogen-bond acceptors (Lipinski definition) is 5. The maximum absolute atomic E-state index is 13.0. The average molecular weight is 1000 g/mol. The second-order valence-corrected chi connectivity index (χ2v) is 22.8. The summed E-state index contributed by atoms with van der Waals surface area (Å²) in [5.41, 5.74) is 0. The second-order valence-electron chi connectivity index (χ2n) is 21.4. The minimum Gasteiger partial charge on any atom is -0.387 e. The molecule has 0 aromatic heterocycles. The van der Waals surface area contributed by atoms with Crippen LogP contribution in [0.25, 0.3) is 0 Å².